The fourth-order valence-corrected chi connectivity index (χ4v) is 4.19. The minimum atomic E-state index is 0.159. The van der Waals surface area contributed by atoms with E-state index in [0.717, 1.165) is 35.4 Å². The summed E-state index contributed by atoms with van der Waals surface area (Å²) in [7, 11) is 0. The second-order valence-corrected chi connectivity index (χ2v) is 7.39. The van der Waals surface area contributed by atoms with Crippen LogP contribution in [0.4, 0.5) is 0 Å². The predicted molar refractivity (Wildman–Crippen MR) is 96.4 cm³/mol. The van der Waals surface area contributed by atoms with Crippen LogP contribution in [0.3, 0.4) is 0 Å². The molecule has 5 heteroatoms. The van der Waals surface area contributed by atoms with E-state index < -0.39 is 0 Å². The predicted octanol–water partition coefficient (Wildman–Crippen LogP) is 3.54. The van der Waals surface area contributed by atoms with Crippen LogP contribution in [0.5, 0.6) is 5.75 Å². The summed E-state index contributed by atoms with van der Waals surface area (Å²) in [5, 5.41) is 4.50. The van der Waals surface area contributed by atoms with Gasteiger partial charge in [0.05, 0.1) is 11.9 Å². The molecular formula is C20H25N3O2. The monoisotopic (exact) mass is 339 g/mol. The van der Waals surface area contributed by atoms with Crippen LogP contribution in [-0.2, 0) is 17.9 Å². The van der Waals surface area contributed by atoms with E-state index in [-0.39, 0.29) is 12.5 Å². The van der Waals surface area contributed by atoms with Crippen molar-refractivity contribution in [2.45, 2.75) is 65.3 Å². The number of nitrogens with zero attached hydrogens (tertiary/aromatic N) is 3. The molecule has 0 spiro atoms. The highest BCUT2D eigenvalue weighted by Crippen LogP contribution is 2.38. The molecule has 25 heavy (non-hydrogen) atoms. The van der Waals surface area contributed by atoms with E-state index in [0.29, 0.717) is 18.7 Å². The van der Waals surface area contributed by atoms with Gasteiger partial charge in [-0.25, -0.2) is 0 Å². The molecule has 1 saturated heterocycles. The van der Waals surface area contributed by atoms with E-state index in [1.807, 2.05) is 27.9 Å². The lowest BCUT2D eigenvalue weighted by Gasteiger charge is -2.39. The SMILES string of the molecule is Cc1ccc2c(c1)-c1c(cnn1CC(=O)N1C(C)CCCC1C)CO2. The molecule has 1 aromatic heterocycles. The summed E-state index contributed by atoms with van der Waals surface area (Å²) < 4.78 is 7.68. The maximum absolute atomic E-state index is 13.0. The number of aromatic nitrogens is 2. The van der Waals surface area contributed by atoms with Crippen molar-refractivity contribution in [2.24, 2.45) is 0 Å². The molecule has 4 rings (SSSR count). The molecule has 2 atom stereocenters. The average Bonchev–Trinajstić information content (AvgIpc) is 2.98. The molecule has 1 amide bonds. The highest BCUT2D eigenvalue weighted by atomic mass is 16.5. The van der Waals surface area contributed by atoms with Gasteiger partial charge in [0.25, 0.3) is 0 Å². The van der Waals surface area contributed by atoms with Gasteiger partial charge < -0.3 is 9.64 Å². The molecule has 0 radical (unpaired) electrons. The van der Waals surface area contributed by atoms with E-state index in [9.17, 15) is 4.79 Å². The van der Waals surface area contributed by atoms with Gasteiger partial charge in [-0.15, -0.1) is 0 Å². The number of likely N-dealkylation sites (tertiary alicyclic amines) is 1. The van der Waals surface area contributed by atoms with Gasteiger partial charge in [-0.1, -0.05) is 11.6 Å². The first-order valence-electron chi connectivity index (χ1n) is 9.14. The Hall–Kier alpha value is -2.30. The van der Waals surface area contributed by atoms with E-state index in [1.165, 1.54) is 12.0 Å². The molecule has 1 fully saturated rings. The van der Waals surface area contributed by atoms with Crippen molar-refractivity contribution in [1.29, 1.82) is 0 Å². The number of carbonyl (C=O) groups is 1. The molecule has 0 aliphatic carbocycles. The maximum atomic E-state index is 13.0. The molecule has 0 bridgehead atoms. The summed E-state index contributed by atoms with van der Waals surface area (Å²) in [5.41, 5.74) is 4.28. The van der Waals surface area contributed by atoms with Crippen LogP contribution in [0.1, 0.15) is 44.2 Å². The molecule has 2 aliphatic rings. The highest BCUT2D eigenvalue weighted by Gasteiger charge is 2.30. The molecule has 132 valence electrons. The summed E-state index contributed by atoms with van der Waals surface area (Å²) in [5.74, 6) is 1.03. The standard InChI is InChI=1S/C20H25N3O2/c1-13-7-8-18-17(9-13)20-16(12-25-18)10-21-22(20)11-19(24)23-14(2)5-4-6-15(23)3/h7-10,14-15H,4-6,11-12H2,1-3H3. The first kappa shape index (κ1) is 16.2. The van der Waals surface area contributed by atoms with Crippen LogP contribution < -0.4 is 4.74 Å². The van der Waals surface area contributed by atoms with Crippen molar-refractivity contribution in [3.8, 4) is 17.0 Å². The molecule has 0 saturated carbocycles. The largest absolute Gasteiger partial charge is 0.488 e. The summed E-state index contributed by atoms with van der Waals surface area (Å²) in [6.45, 7) is 7.17. The lowest BCUT2D eigenvalue weighted by Crippen LogP contribution is -2.48. The number of aryl methyl sites for hydroxylation is 1. The van der Waals surface area contributed by atoms with Crippen LogP contribution >= 0.6 is 0 Å². The number of amides is 1. The van der Waals surface area contributed by atoms with Crippen LogP contribution in [0.2, 0.25) is 0 Å². The third-order valence-electron chi connectivity index (χ3n) is 5.46. The van der Waals surface area contributed by atoms with Gasteiger partial charge in [0.2, 0.25) is 5.91 Å². The van der Waals surface area contributed by atoms with Gasteiger partial charge in [-0.05, 0) is 52.2 Å². The first-order valence-corrected chi connectivity index (χ1v) is 9.14. The Morgan fingerprint density at radius 2 is 2.04 bits per heavy atom. The van der Waals surface area contributed by atoms with Gasteiger partial charge in [-0.3, -0.25) is 9.48 Å². The van der Waals surface area contributed by atoms with Crippen LogP contribution in [0.25, 0.3) is 11.3 Å². The van der Waals surface area contributed by atoms with Crippen molar-refractivity contribution >= 4 is 5.91 Å². The molecule has 2 aliphatic heterocycles. The van der Waals surface area contributed by atoms with Crippen molar-refractivity contribution in [1.82, 2.24) is 14.7 Å². The van der Waals surface area contributed by atoms with Gasteiger partial charge in [0, 0.05) is 23.2 Å². The van der Waals surface area contributed by atoms with Crippen LogP contribution in [0, 0.1) is 6.92 Å². The first-order chi connectivity index (χ1) is 12.0. The number of hydrogen-bond acceptors (Lipinski definition) is 3. The average molecular weight is 339 g/mol. The number of piperidine rings is 1. The Morgan fingerprint density at radius 3 is 2.80 bits per heavy atom. The summed E-state index contributed by atoms with van der Waals surface area (Å²) in [6, 6.07) is 6.78. The molecule has 5 nitrogen and oxygen atoms in total. The minimum absolute atomic E-state index is 0.159. The van der Waals surface area contributed by atoms with Gasteiger partial charge in [0.1, 0.15) is 18.9 Å². The number of rotatable bonds is 2. The zero-order valence-electron chi connectivity index (χ0n) is 15.2. The fourth-order valence-electron chi connectivity index (χ4n) is 4.19. The minimum Gasteiger partial charge on any atom is -0.488 e. The summed E-state index contributed by atoms with van der Waals surface area (Å²) >= 11 is 0. The smallest absolute Gasteiger partial charge is 0.244 e. The van der Waals surface area contributed by atoms with Crippen molar-refractivity contribution in [2.75, 3.05) is 0 Å². The molecule has 0 N–H and O–H groups in total. The number of benzene rings is 1. The molecule has 2 unspecified atom stereocenters. The zero-order valence-corrected chi connectivity index (χ0v) is 15.2. The summed E-state index contributed by atoms with van der Waals surface area (Å²) in [6.07, 6.45) is 5.20. The van der Waals surface area contributed by atoms with Gasteiger partial charge in [0.15, 0.2) is 0 Å². The second-order valence-electron chi connectivity index (χ2n) is 7.39. The quantitative estimate of drug-likeness (QED) is 0.841. The molecule has 3 heterocycles. The van der Waals surface area contributed by atoms with E-state index in [4.69, 9.17) is 4.74 Å². The summed E-state index contributed by atoms with van der Waals surface area (Å²) in [4.78, 5) is 15.0. The zero-order chi connectivity index (χ0) is 17.6. The Bertz CT molecular complexity index is 801. The Kier molecular flexibility index (Phi) is 4.02. The number of carbonyl (C=O) groups excluding carboxylic acids is 1. The maximum Gasteiger partial charge on any atom is 0.244 e. The van der Waals surface area contributed by atoms with Gasteiger partial charge in [-0.2, -0.15) is 5.10 Å². The van der Waals surface area contributed by atoms with E-state index in [1.54, 1.807) is 0 Å². The fraction of sp³-hybridized carbons (Fsp3) is 0.500. The number of fused-ring (bicyclic) bond motifs is 3. The van der Waals surface area contributed by atoms with Crippen LogP contribution in [-0.4, -0.2) is 32.7 Å². The topological polar surface area (TPSA) is 47.4 Å². The Labute approximate surface area is 148 Å². The van der Waals surface area contributed by atoms with E-state index >= 15 is 0 Å². The van der Waals surface area contributed by atoms with Crippen LogP contribution in [0.15, 0.2) is 24.4 Å². The molecule has 2 aromatic rings. The Balaban J connectivity index is 1.65. The number of ether oxygens (including phenoxy) is 1. The third kappa shape index (κ3) is 2.81. The van der Waals surface area contributed by atoms with Crippen molar-refractivity contribution in [3.63, 3.8) is 0 Å². The Morgan fingerprint density at radius 1 is 1.28 bits per heavy atom. The van der Waals surface area contributed by atoms with Crippen molar-refractivity contribution in [3.05, 3.63) is 35.5 Å². The van der Waals surface area contributed by atoms with Crippen molar-refractivity contribution < 1.29 is 9.53 Å². The third-order valence-corrected chi connectivity index (χ3v) is 5.46. The number of hydrogen-bond donors (Lipinski definition) is 0. The molecular weight excluding hydrogens is 314 g/mol. The van der Waals surface area contributed by atoms with Gasteiger partial charge >= 0.3 is 0 Å². The molecule has 1 aromatic carbocycles. The second kappa shape index (κ2) is 6.21. The normalized spacial score (nSPS) is 22.1. The lowest BCUT2D eigenvalue weighted by atomic mass is 9.97. The van der Waals surface area contributed by atoms with E-state index in [2.05, 4.69) is 31.9 Å². The highest BCUT2D eigenvalue weighted by molar-refractivity contribution is 5.79. The lowest BCUT2D eigenvalue weighted by molar-refractivity contribution is -0.138.